The molecule has 2 aliphatic heterocycles. The standard InChI is InChI=1S/C36H45N5O8/c42-16-3-4-17-48-30-20-24(10-11-27(30)25-6-5-7-26(21-25)34(46)37-12-13-40-14-18-47-19-15-40)22-38-36-39-28-8-1-2-9-29(28)41(36)35-33(45)32(44)31(23-43)49-35/h1-2,5-11,20-21,31-33,35,42-45H,3-4,12-19,22-23H2,(H,37,46)(H,38,39)/t31-,32-,33-,35-/m1/s1. The van der Waals surface area contributed by atoms with Crippen molar-refractivity contribution in [2.45, 2.75) is 43.9 Å². The van der Waals surface area contributed by atoms with Gasteiger partial charge in [-0.2, -0.15) is 0 Å². The topological polar surface area (TPSA) is 171 Å². The molecule has 6 N–H and O–H groups in total. The van der Waals surface area contributed by atoms with Crippen LogP contribution in [0, 0.1) is 0 Å². The van der Waals surface area contributed by atoms with Crippen molar-refractivity contribution in [1.29, 1.82) is 0 Å². The molecule has 4 aromatic rings. The summed E-state index contributed by atoms with van der Waals surface area (Å²) in [6.45, 7) is 4.89. The number of hydrogen-bond acceptors (Lipinski definition) is 11. The molecule has 4 atom stereocenters. The Morgan fingerprint density at radius 1 is 0.980 bits per heavy atom. The summed E-state index contributed by atoms with van der Waals surface area (Å²) in [7, 11) is 0. The van der Waals surface area contributed by atoms with Gasteiger partial charge in [0.2, 0.25) is 5.95 Å². The van der Waals surface area contributed by atoms with E-state index < -0.39 is 31.1 Å². The first-order valence-corrected chi connectivity index (χ1v) is 16.9. The lowest BCUT2D eigenvalue weighted by Gasteiger charge is -2.26. The van der Waals surface area contributed by atoms with Gasteiger partial charge in [0.25, 0.3) is 5.91 Å². The number of nitrogens with zero attached hydrogens (tertiary/aromatic N) is 3. The van der Waals surface area contributed by atoms with Crippen LogP contribution in [0.5, 0.6) is 5.75 Å². The highest BCUT2D eigenvalue weighted by Crippen LogP contribution is 2.36. The Morgan fingerprint density at radius 3 is 2.61 bits per heavy atom. The summed E-state index contributed by atoms with van der Waals surface area (Å²) < 4.78 is 19.2. The number of anilines is 1. The SMILES string of the molecule is O=C(NCCN1CCOCC1)c1cccc(-c2ccc(CNc3nc4ccccc4n3[C@@H]3O[C@H](CO)[C@@H](O)[C@H]3O)cc2OCCCCO)c1. The maximum atomic E-state index is 13.1. The van der Waals surface area contributed by atoms with Crippen molar-refractivity contribution in [3.05, 3.63) is 77.9 Å². The van der Waals surface area contributed by atoms with Crippen LogP contribution in [0.25, 0.3) is 22.2 Å². The van der Waals surface area contributed by atoms with Gasteiger partial charge in [0.05, 0.1) is 37.5 Å². The molecular formula is C36H45N5O8. The molecule has 2 saturated heterocycles. The number of fused-ring (bicyclic) bond motifs is 1. The number of nitrogens with one attached hydrogen (secondary N) is 2. The number of aromatic nitrogens is 2. The van der Waals surface area contributed by atoms with E-state index in [1.165, 1.54) is 0 Å². The van der Waals surface area contributed by atoms with Gasteiger partial charge < -0.3 is 45.3 Å². The van der Waals surface area contributed by atoms with Gasteiger partial charge >= 0.3 is 0 Å². The lowest BCUT2D eigenvalue weighted by molar-refractivity contribution is -0.0499. The van der Waals surface area contributed by atoms with Gasteiger partial charge in [-0.25, -0.2) is 4.98 Å². The van der Waals surface area contributed by atoms with Crippen molar-refractivity contribution < 1.29 is 39.4 Å². The third kappa shape index (κ3) is 8.22. The van der Waals surface area contributed by atoms with Crippen molar-refractivity contribution in [1.82, 2.24) is 19.8 Å². The Hall–Kier alpha value is -4.08. The third-order valence-electron chi connectivity index (χ3n) is 8.93. The minimum Gasteiger partial charge on any atom is -0.493 e. The lowest BCUT2D eigenvalue weighted by atomic mass is 10.00. The molecule has 2 fully saturated rings. The van der Waals surface area contributed by atoms with Gasteiger partial charge in [0.1, 0.15) is 24.1 Å². The first-order chi connectivity index (χ1) is 24.0. The van der Waals surface area contributed by atoms with Crippen LogP contribution in [0.4, 0.5) is 5.95 Å². The number of benzene rings is 3. The van der Waals surface area contributed by atoms with E-state index in [0.29, 0.717) is 74.0 Å². The molecular weight excluding hydrogens is 630 g/mol. The van der Waals surface area contributed by atoms with E-state index in [1.807, 2.05) is 60.7 Å². The summed E-state index contributed by atoms with van der Waals surface area (Å²) in [5, 5.41) is 46.6. The van der Waals surface area contributed by atoms with Crippen LogP contribution in [0.2, 0.25) is 0 Å². The summed E-state index contributed by atoms with van der Waals surface area (Å²) >= 11 is 0. The summed E-state index contributed by atoms with van der Waals surface area (Å²) in [5.74, 6) is 0.926. The predicted molar refractivity (Wildman–Crippen MR) is 183 cm³/mol. The highest BCUT2D eigenvalue weighted by Gasteiger charge is 2.44. The number of carbonyl (C=O) groups is 1. The fourth-order valence-corrected chi connectivity index (χ4v) is 6.21. The fraction of sp³-hybridized carbons (Fsp3) is 0.444. The molecule has 0 radical (unpaired) electrons. The quantitative estimate of drug-likeness (QED) is 0.102. The normalized spacial score (nSPS) is 21.2. The Bertz CT molecular complexity index is 1690. The molecule has 0 saturated carbocycles. The molecule has 0 aliphatic carbocycles. The van der Waals surface area contributed by atoms with Crippen molar-refractivity contribution >= 4 is 22.9 Å². The minimum absolute atomic E-state index is 0.0827. The number of aliphatic hydroxyl groups is 4. The predicted octanol–water partition coefficient (Wildman–Crippen LogP) is 2.14. The fourth-order valence-electron chi connectivity index (χ4n) is 6.21. The number of imidazole rings is 1. The van der Waals surface area contributed by atoms with Crippen LogP contribution in [0.15, 0.2) is 66.7 Å². The molecule has 1 aromatic heterocycles. The second-order valence-electron chi connectivity index (χ2n) is 12.3. The molecule has 262 valence electrons. The highest BCUT2D eigenvalue weighted by molar-refractivity contribution is 5.95. The van der Waals surface area contributed by atoms with E-state index in [0.717, 1.165) is 36.3 Å². The number of para-hydroxylation sites is 2. The largest absolute Gasteiger partial charge is 0.493 e. The van der Waals surface area contributed by atoms with Crippen molar-refractivity contribution in [2.75, 3.05) is 64.5 Å². The first kappa shape index (κ1) is 34.8. The van der Waals surface area contributed by atoms with E-state index in [1.54, 1.807) is 10.6 Å². The van der Waals surface area contributed by atoms with Crippen LogP contribution in [-0.2, 0) is 16.0 Å². The van der Waals surface area contributed by atoms with Gasteiger partial charge in [-0.3, -0.25) is 14.3 Å². The number of rotatable bonds is 15. The number of carbonyl (C=O) groups excluding carboxylic acids is 1. The van der Waals surface area contributed by atoms with E-state index in [-0.39, 0.29) is 12.5 Å². The number of morpholine rings is 1. The Morgan fingerprint density at radius 2 is 1.82 bits per heavy atom. The molecule has 13 heteroatoms. The molecule has 0 spiro atoms. The van der Waals surface area contributed by atoms with E-state index in [2.05, 4.69) is 15.5 Å². The average molecular weight is 676 g/mol. The van der Waals surface area contributed by atoms with Crippen molar-refractivity contribution in [3.63, 3.8) is 0 Å². The van der Waals surface area contributed by atoms with Crippen LogP contribution >= 0.6 is 0 Å². The Balaban J connectivity index is 1.20. The van der Waals surface area contributed by atoms with E-state index in [9.17, 15) is 25.2 Å². The van der Waals surface area contributed by atoms with Gasteiger partial charge in [0, 0.05) is 50.5 Å². The van der Waals surface area contributed by atoms with E-state index >= 15 is 0 Å². The highest BCUT2D eigenvalue weighted by atomic mass is 16.6. The molecule has 1 amide bonds. The molecule has 13 nitrogen and oxygen atoms in total. The molecule has 6 rings (SSSR count). The first-order valence-electron chi connectivity index (χ1n) is 16.9. The average Bonchev–Trinajstić information content (AvgIpc) is 3.64. The molecule has 0 bridgehead atoms. The lowest BCUT2D eigenvalue weighted by Crippen LogP contribution is -2.41. The second kappa shape index (κ2) is 16.5. The van der Waals surface area contributed by atoms with Crippen LogP contribution in [0.3, 0.4) is 0 Å². The van der Waals surface area contributed by atoms with Gasteiger partial charge in [-0.15, -0.1) is 0 Å². The number of amides is 1. The van der Waals surface area contributed by atoms with Crippen LogP contribution in [-0.4, -0.2) is 118 Å². The molecule has 2 aliphatic rings. The molecule has 0 unspecified atom stereocenters. The maximum absolute atomic E-state index is 13.1. The van der Waals surface area contributed by atoms with Crippen molar-refractivity contribution in [2.24, 2.45) is 0 Å². The van der Waals surface area contributed by atoms with Crippen LogP contribution < -0.4 is 15.4 Å². The monoisotopic (exact) mass is 675 g/mol. The van der Waals surface area contributed by atoms with Gasteiger partial charge in [-0.1, -0.05) is 36.4 Å². The zero-order valence-corrected chi connectivity index (χ0v) is 27.4. The second-order valence-corrected chi connectivity index (χ2v) is 12.3. The zero-order valence-electron chi connectivity index (χ0n) is 27.4. The molecule has 49 heavy (non-hydrogen) atoms. The van der Waals surface area contributed by atoms with E-state index in [4.69, 9.17) is 19.2 Å². The number of ether oxygens (including phenoxy) is 3. The zero-order chi connectivity index (χ0) is 34.2. The maximum Gasteiger partial charge on any atom is 0.251 e. The summed E-state index contributed by atoms with van der Waals surface area (Å²) in [4.78, 5) is 20.1. The molecule has 3 aromatic carbocycles. The van der Waals surface area contributed by atoms with Crippen molar-refractivity contribution in [3.8, 4) is 16.9 Å². The Labute approximate surface area is 285 Å². The molecule has 3 heterocycles. The van der Waals surface area contributed by atoms with Gasteiger partial charge in [-0.05, 0) is 54.3 Å². The van der Waals surface area contributed by atoms with Crippen LogP contribution in [0.1, 0.15) is 35.0 Å². The number of unbranched alkanes of at least 4 members (excludes halogenated alkanes) is 1. The third-order valence-corrected chi connectivity index (χ3v) is 8.93. The minimum atomic E-state index is -1.27. The smallest absolute Gasteiger partial charge is 0.251 e. The summed E-state index contributed by atoms with van der Waals surface area (Å²) in [5.41, 5.74) is 4.49. The summed E-state index contributed by atoms with van der Waals surface area (Å²) in [6, 6.07) is 20.8. The number of hydrogen-bond donors (Lipinski definition) is 6. The van der Waals surface area contributed by atoms with Gasteiger partial charge in [0.15, 0.2) is 6.23 Å². The summed E-state index contributed by atoms with van der Waals surface area (Å²) in [6.07, 6.45) is -3.10. The Kier molecular flexibility index (Phi) is 11.7. The number of aliphatic hydroxyl groups excluding tert-OH is 4.